The van der Waals surface area contributed by atoms with Crippen LogP contribution in [0.4, 0.5) is 5.69 Å². The number of aryl methyl sites for hydroxylation is 2. The summed E-state index contributed by atoms with van der Waals surface area (Å²) in [4.78, 5) is 41.8. The van der Waals surface area contributed by atoms with Gasteiger partial charge in [0.15, 0.2) is 6.61 Å². The van der Waals surface area contributed by atoms with Crippen molar-refractivity contribution in [3.05, 3.63) is 70.1 Å². The van der Waals surface area contributed by atoms with Crippen molar-refractivity contribution in [2.45, 2.75) is 65.3 Å². The van der Waals surface area contributed by atoms with E-state index in [0.717, 1.165) is 29.4 Å². The molecule has 0 unspecified atom stereocenters. The van der Waals surface area contributed by atoms with Gasteiger partial charge in [0.1, 0.15) is 5.69 Å². The zero-order chi connectivity index (χ0) is 24.7. The van der Waals surface area contributed by atoms with Crippen LogP contribution in [-0.2, 0) is 32.7 Å². The highest BCUT2D eigenvalue weighted by Crippen LogP contribution is 2.23. The molecule has 2 aromatic carbocycles. The highest BCUT2D eigenvalue weighted by molar-refractivity contribution is 5.92. The molecule has 1 aromatic heterocycles. The van der Waals surface area contributed by atoms with Crippen LogP contribution in [0.5, 0.6) is 0 Å². The number of unbranched alkanes of at least 4 members (excludes halogenated alkanes) is 1. The summed E-state index contributed by atoms with van der Waals surface area (Å²) in [5, 5.41) is 2.72. The number of nitrogens with zero attached hydrogens (tertiary/aromatic N) is 2. The summed E-state index contributed by atoms with van der Waals surface area (Å²) < 4.78 is 6.84. The van der Waals surface area contributed by atoms with Gasteiger partial charge < -0.3 is 14.6 Å². The molecule has 180 valence electrons. The summed E-state index contributed by atoms with van der Waals surface area (Å²) in [5.41, 5.74) is 3.48. The van der Waals surface area contributed by atoms with Crippen LogP contribution in [0.25, 0.3) is 11.0 Å². The topological polar surface area (TPSA) is 90.3 Å². The molecule has 34 heavy (non-hydrogen) atoms. The smallest absolute Gasteiger partial charge is 0.306 e. The van der Waals surface area contributed by atoms with E-state index < -0.39 is 11.9 Å². The number of carbonyl (C=O) groups is 2. The van der Waals surface area contributed by atoms with E-state index in [9.17, 15) is 14.4 Å². The number of benzene rings is 2. The molecule has 0 aliphatic heterocycles. The second-order valence-electron chi connectivity index (χ2n) is 9.39. The lowest BCUT2D eigenvalue weighted by molar-refractivity contribution is -0.147. The average molecular weight is 464 g/mol. The van der Waals surface area contributed by atoms with E-state index in [0.29, 0.717) is 17.9 Å². The van der Waals surface area contributed by atoms with Gasteiger partial charge in [-0.3, -0.25) is 14.4 Å². The molecule has 7 heteroatoms. The van der Waals surface area contributed by atoms with Gasteiger partial charge >= 0.3 is 5.97 Å². The molecule has 0 aliphatic carbocycles. The van der Waals surface area contributed by atoms with E-state index in [4.69, 9.17) is 4.74 Å². The van der Waals surface area contributed by atoms with Crippen molar-refractivity contribution < 1.29 is 14.3 Å². The Labute approximate surface area is 200 Å². The first-order valence-corrected chi connectivity index (χ1v) is 11.7. The predicted octanol–water partition coefficient (Wildman–Crippen LogP) is 4.61. The first-order valence-electron chi connectivity index (χ1n) is 11.7. The SMILES string of the molecule is CCCCn1c(=O)c(CCC(=O)OCC(=O)Nc2ccc(C(C)(C)C)cc2)nc2ccccc21. The zero-order valence-electron chi connectivity index (χ0n) is 20.4. The third-order valence-corrected chi connectivity index (χ3v) is 5.62. The first kappa shape index (κ1) is 25.1. The van der Waals surface area contributed by atoms with E-state index in [1.807, 2.05) is 48.5 Å². The van der Waals surface area contributed by atoms with Crippen molar-refractivity contribution in [3.63, 3.8) is 0 Å². The van der Waals surface area contributed by atoms with Gasteiger partial charge in [-0.1, -0.05) is 58.4 Å². The maximum atomic E-state index is 12.9. The number of aromatic nitrogens is 2. The largest absolute Gasteiger partial charge is 0.456 e. The molecule has 0 spiro atoms. The van der Waals surface area contributed by atoms with Gasteiger partial charge in [0.2, 0.25) is 0 Å². The van der Waals surface area contributed by atoms with E-state index in [1.165, 1.54) is 0 Å². The van der Waals surface area contributed by atoms with Crippen LogP contribution >= 0.6 is 0 Å². The number of carbonyl (C=O) groups excluding carboxylic acids is 2. The van der Waals surface area contributed by atoms with E-state index in [2.05, 4.69) is 38.0 Å². The molecule has 0 saturated heterocycles. The standard InChI is InChI=1S/C27H33N3O4/c1-5-6-17-30-23-10-8-7-9-21(23)29-22(26(30)33)15-16-25(32)34-18-24(31)28-20-13-11-19(12-14-20)27(2,3)4/h7-14H,5-6,15-18H2,1-4H3,(H,28,31). The van der Waals surface area contributed by atoms with Gasteiger partial charge in [-0.25, -0.2) is 4.98 Å². The Hall–Kier alpha value is -3.48. The van der Waals surface area contributed by atoms with E-state index in [1.54, 1.807) is 4.57 Å². The minimum atomic E-state index is -0.548. The molecular weight excluding hydrogens is 430 g/mol. The third kappa shape index (κ3) is 6.53. The molecule has 0 atom stereocenters. The van der Waals surface area contributed by atoms with Crippen molar-refractivity contribution in [2.75, 3.05) is 11.9 Å². The van der Waals surface area contributed by atoms with Crippen LogP contribution in [-0.4, -0.2) is 28.0 Å². The Morgan fingerprint density at radius 2 is 1.76 bits per heavy atom. The highest BCUT2D eigenvalue weighted by atomic mass is 16.5. The summed E-state index contributed by atoms with van der Waals surface area (Å²) in [6.07, 6.45) is 1.98. The molecule has 1 N–H and O–H groups in total. The summed E-state index contributed by atoms with van der Waals surface area (Å²) in [6, 6.07) is 15.1. The molecule has 0 aliphatic rings. The Morgan fingerprint density at radius 1 is 1.06 bits per heavy atom. The van der Waals surface area contributed by atoms with Gasteiger partial charge in [0, 0.05) is 18.7 Å². The maximum Gasteiger partial charge on any atom is 0.306 e. The second-order valence-corrected chi connectivity index (χ2v) is 9.39. The summed E-state index contributed by atoms with van der Waals surface area (Å²) in [6.45, 7) is 8.65. The fourth-order valence-corrected chi connectivity index (χ4v) is 3.64. The van der Waals surface area contributed by atoms with Gasteiger partial charge in [-0.05, 0) is 41.7 Å². The minimum absolute atomic E-state index is 0.0250. The summed E-state index contributed by atoms with van der Waals surface area (Å²) in [5.74, 6) is -0.963. The number of hydrogen-bond donors (Lipinski definition) is 1. The van der Waals surface area contributed by atoms with Gasteiger partial charge in [-0.15, -0.1) is 0 Å². The van der Waals surface area contributed by atoms with Crippen LogP contribution in [0.15, 0.2) is 53.3 Å². The lowest BCUT2D eigenvalue weighted by Gasteiger charge is -2.19. The number of anilines is 1. The third-order valence-electron chi connectivity index (χ3n) is 5.62. The number of para-hydroxylation sites is 2. The van der Waals surface area contributed by atoms with Crippen LogP contribution in [0.1, 0.15) is 58.2 Å². The maximum absolute atomic E-state index is 12.9. The molecule has 0 bridgehead atoms. The predicted molar refractivity (Wildman–Crippen MR) is 134 cm³/mol. The minimum Gasteiger partial charge on any atom is -0.456 e. The normalized spacial score (nSPS) is 11.4. The van der Waals surface area contributed by atoms with Crippen molar-refractivity contribution >= 4 is 28.6 Å². The summed E-state index contributed by atoms with van der Waals surface area (Å²) >= 11 is 0. The Kier molecular flexibility index (Phi) is 8.21. The number of fused-ring (bicyclic) bond motifs is 1. The second kappa shape index (κ2) is 11.1. The van der Waals surface area contributed by atoms with Crippen molar-refractivity contribution in [2.24, 2.45) is 0 Å². The number of rotatable bonds is 9. The zero-order valence-corrected chi connectivity index (χ0v) is 20.4. The monoisotopic (exact) mass is 463 g/mol. The number of ether oxygens (including phenoxy) is 1. The number of esters is 1. The quantitative estimate of drug-likeness (QED) is 0.468. The molecule has 0 radical (unpaired) electrons. The van der Waals surface area contributed by atoms with E-state index in [-0.39, 0.29) is 30.4 Å². The van der Waals surface area contributed by atoms with Gasteiger partial charge in [-0.2, -0.15) is 0 Å². The van der Waals surface area contributed by atoms with Gasteiger partial charge in [0.05, 0.1) is 17.5 Å². The number of hydrogen-bond acceptors (Lipinski definition) is 5. The van der Waals surface area contributed by atoms with Crippen molar-refractivity contribution in [3.8, 4) is 0 Å². The average Bonchev–Trinajstić information content (AvgIpc) is 2.80. The molecule has 0 saturated carbocycles. The molecule has 1 amide bonds. The first-order chi connectivity index (χ1) is 16.2. The number of amides is 1. The lowest BCUT2D eigenvalue weighted by atomic mass is 9.87. The van der Waals surface area contributed by atoms with Crippen molar-refractivity contribution in [1.29, 1.82) is 0 Å². The Balaban J connectivity index is 1.56. The fraction of sp³-hybridized carbons (Fsp3) is 0.407. The van der Waals surface area contributed by atoms with E-state index >= 15 is 0 Å². The Bertz CT molecular complexity index is 1210. The van der Waals surface area contributed by atoms with Crippen LogP contribution in [0.3, 0.4) is 0 Å². The molecular formula is C27H33N3O4. The van der Waals surface area contributed by atoms with Gasteiger partial charge in [0.25, 0.3) is 11.5 Å². The molecule has 3 rings (SSSR count). The molecule has 7 nitrogen and oxygen atoms in total. The number of nitrogens with one attached hydrogen (secondary N) is 1. The van der Waals surface area contributed by atoms with Crippen LogP contribution in [0.2, 0.25) is 0 Å². The van der Waals surface area contributed by atoms with Crippen molar-refractivity contribution in [1.82, 2.24) is 9.55 Å². The highest BCUT2D eigenvalue weighted by Gasteiger charge is 2.15. The lowest BCUT2D eigenvalue weighted by Crippen LogP contribution is -2.27. The summed E-state index contributed by atoms with van der Waals surface area (Å²) in [7, 11) is 0. The Morgan fingerprint density at radius 3 is 2.44 bits per heavy atom. The molecule has 0 fully saturated rings. The molecule has 1 heterocycles. The molecule has 3 aromatic rings. The fourth-order valence-electron chi connectivity index (χ4n) is 3.64. The van der Waals surface area contributed by atoms with Crippen LogP contribution < -0.4 is 10.9 Å². The van der Waals surface area contributed by atoms with Crippen LogP contribution in [0, 0.1) is 0 Å².